The molecule has 0 saturated heterocycles. The molecule has 0 unspecified atom stereocenters. The second-order valence-electron chi connectivity index (χ2n) is 6.26. The molecule has 0 radical (unpaired) electrons. The number of methoxy groups -OCH3 is 1. The Bertz CT molecular complexity index is 1180. The van der Waals surface area contributed by atoms with Crippen LogP contribution in [0.25, 0.3) is 22.8 Å². The molecule has 2 aromatic carbocycles. The first-order chi connectivity index (χ1) is 13.9. The van der Waals surface area contributed by atoms with Crippen molar-refractivity contribution in [2.75, 3.05) is 12.4 Å². The molecule has 29 heavy (non-hydrogen) atoms. The molecule has 4 rings (SSSR count). The molecule has 1 aliphatic heterocycles. The number of phenolic OH excluding ortho intramolecular Hbond substituents is 1. The number of hydrogen-bond acceptors (Lipinski definition) is 5. The van der Waals surface area contributed by atoms with E-state index in [9.17, 15) is 14.7 Å². The summed E-state index contributed by atoms with van der Waals surface area (Å²) >= 11 is 7.93. The van der Waals surface area contributed by atoms with Crippen molar-refractivity contribution in [3.05, 3.63) is 66.7 Å². The number of thiophene rings is 1. The van der Waals surface area contributed by atoms with Gasteiger partial charge in [0.05, 0.1) is 16.1 Å². The molecule has 0 spiro atoms. The summed E-state index contributed by atoms with van der Waals surface area (Å²) in [6.07, 6.45) is 1.76. The fraction of sp³-hybridized carbons (Fsp3) is 0.0476. The highest BCUT2D eigenvalue weighted by molar-refractivity contribution is 9.11. The van der Waals surface area contributed by atoms with E-state index in [0.717, 1.165) is 22.3 Å². The van der Waals surface area contributed by atoms with Gasteiger partial charge in [-0.15, -0.1) is 11.3 Å². The Morgan fingerprint density at radius 1 is 1.14 bits per heavy atom. The molecule has 3 aromatic rings. The Balaban J connectivity index is 1.81. The van der Waals surface area contributed by atoms with E-state index < -0.39 is 0 Å². The number of ether oxygens (including phenoxy) is 1. The Kier molecular flexibility index (Phi) is 5.33. The number of esters is 1. The van der Waals surface area contributed by atoms with Crippen LogP contribution in [0.15, 0.2) is 50.7 Å². The number of rotatable bonds is 3. The Hall–Kier alpha value is -2.42. The number of carbonyl (C=O) groups excluding carboxylic acids is 2. The van der Waals surface area contributed by atoms with Crippen molar-refractivity contribution in [1.29, 1.82) is 0 Å². The molecule has 0 saturated carbocycles. The van der Waals surface area contributed by atoms with Crippen LogP contribution >= 0.6 is 43.2 Å². The van der Waals surface area contributed by atoms with Crippen LogP contribution in [-0.4, -0.2) is 24.1 Å². The predicted molar refractivity (Wildman–Crippen MR) is 121 cm³/mol. The highest BCUT2D eigenvalue weighted by Crippen LogP contribution is 2.39. The number of amides is 1. The minimum absolute atomic E-state index is 0.0958. The van der Waals surface area contributed by atoms with Crippen molar-refractivity contribution in [3.8, 4) is 16.9 Å². The average molecular weight is 535 g/mol. The lowest BCUT2D eigenvalue weighted by Gasteiger charge is -2.06. The van der Waals surface area contributed by atoms with Gasteiger partial charge in [0.25, 0.3) is 5.91 Å². The molecule has 2 heterocycles. The summed E-state index contributed by atoms with van der Waals surface area (Å²) in [6, 6.07) is 10.9. The number of benzene rings is 2. The highest BCUT2D eigenvalue weighted by atomic mass is 79.9. The first kappa shape index (κ1) is 19.9. The summed E-state index contributed by atoms with van der Waals surface area (Å²) in [5, 5.41) is 14.6. The molecular formula is C21H13Br2NO4S. The van der Waals surface area contributed by atoms with E-state index in [1.54, 1.807) is 18.2 Å². The van der Waals surface area contributed by atoms with Gasteiger partial charge in [0.1, 0.15) is 10.6 Å². The number of nitrogens with one attached hydrogen (secondary N) is 1. The number of halogens is 2. The fourth-order valence-corrected chi connectivity index (χ4v) is 5.18. The zero-order valence-corrected chi connectivity index (χ0v) is 18.9. The van der Waals surface area contributed by atoms with Gasteiger partial charge < -0.3 is 15.2 Å². The molecule has 5 nitrogen and oxygen atoms in total. The van der Waals surface area contributed by atoms with Gasteiger partial charge in [0.2, 0.25) is 0 Å². The van der Waals surface area contributed by atoms with Crippen LogP contribution < -0.4 is 5.32 Å². The van der Waals surface area contributed by atoms with Crippen molar-refractivity contribution in [3.63, 3.8) is 0 Å². The van der Waals surface area contributed by atoms with Crippen molar-refractivity contribution in [1.82, 2.24) is 0 Å². The van der Waals surface area contributed by atoms with Crippen LogP contribution in [0.4, 0.5) is 5.69 Å². The lowest BCUT2D eigenvalue weighted by molar-refractivity contribution is -0.110. The molecule has 0 atom stereocenters. The summed E-state index contributed by atoms with van der Waals surface area (Å²) in [4.78, 5) is 25.1. The van der Waals surface area contributed by atoms with Crippen LogP contribution in [0.2, 0.25) is 0 Å². The van der Waals surface area contributed by atoms with Crippen LogP contribution in [0.1, 0.15) is 20.8 Å². The third-order valence-corrected chi connectivity index (χ3v) is 6.60. The second-order valence-corrected chi connectivity index (χ2v) is 8.89. The predicted octanol–water partition coefficient (Wildman–Crippen LogP) is 5.93. The summed E-state index contributed by atoms with van der Waals surface area (Å²) in [7, 11) is 1.35. The van der Waals surface area contributed by atoms with E-state index in [0.29, 0.717) is 25.1 Å². The van der Waals surface area contributed by atoms with E-state index in [2.05, 4.69) is 37.2 Å². The first-order valence-electron chi connectivity index (χ1n) is 8.40. The van der Waals surface area contributed by atoms with Gasteiger partial charge in [-0.3, -0.25) is 4.79 Å². The van der Waals surface area contributed by atoms with Gasteiger partial charge in [0.15, 0.2) is 0 Å². The molecule has 1 amide bonds. The molecular weight excluding hydrogens is 522 g/mol. The zero-order chi connectivity index (χ0) is 20.7. The summed E-state index contributed by atoms with van der Waals surface area (Å²) < 4.78 is 5.90. The number of fused-ring (bicyclic) bond motifs is 1. The minimum atomic E-state index is -0.390. The molecule has 0 fully saturated rings. The van der Waals surface area contributed by atoms with Crippen LogP contribution in [0.5, 0.6) is 5.75 Å². The lowest BCUT2D eigenvalue weighted by Crippen LogP contribution is -2.03. The maximum atomic E-state index is 12.6. The SMILES string of the molecule is COC(=O)c1sccc1-c1ccc2c(c1)C(=Cc1cc(Br)c(O)c(Br)c1)C(=O)N2. The first-order valence-corrected chi connectivity index (χ1v) is 10.9. The van der Waals surface area contributed by atoms with Crippen LogP contribution in [0, 0.1) is 0 Å². The molecule has 0 bridgehead atoms. The molecule has 0 aliphatic carbocycles. The number of hydrogen-bond donors (Lipinski definition) is 2. The maximum absolute atomic E-state index is 12.6. The Morgan fingerprint density at radius 2 is 1.86 bits per heavy atom. The third kappa shape index (κ3) is 3.63. The summed E-state index contributed by atoms with van der Waals surface area (Å²) in [5.41, 5.74) is 4.28. The maximum Gasteiger partial charge on any atom is 0.348 e. The second kappa shape index (κ2) is 7.78. The van der Waals surface area contributed by atoms with Crippen molar-refractivity contribution >= 4 is 72.4 Å². The smallest absolute Gasteiger partial charge is 0.348 e. The topological polar surface area (TPSA) is 75.6 Å². The van der Waals surface area contributed by atoms with E-state index in [-0.39, 0.29) is 17.6 Å². The molecule has 1 aliphatic rings. The van der Waals surface area contributed by atoms with Gasteiger partial charge >= 0.3 is 5.97 Å². The Morgan fingerprint density at radius 3 is 2.55 bits per heavy atom. The lowest BCUT2D eigenvalue weighted by atomic mass is 9.98. The monoisotopic (exact) mass is 533 g/mol. The number of carbonyl (C=O) groups is 2. The van der Waals surface area contributed by atoms with E-state index in [1.807, 2.05) is 29.6 Å². The van der Waals surface area contributed by atoms with Crippen molar-refractivity contribution in [2.45, 2.75) is 0 Å². The standard InChI is InChI=1S/C21H13Br2NO4S/c1-28-21(27)19-12(4-5-29-19)11-2-3-17-13(9-11)14(20(26)24-17)6-10-7-15(22)18(25)16(23)8-10/h2-9,25H,1H3,(H,24,26). The molecule has 146 valence electrons. The van der Waals surface area contributed by atoms with Crippen molar-refractivity contribution in [2.24, 2.45) is 0 Å². The van der Waals surface area contributed by atoms with Gasteiger partial charge in [-0.1, -0.05) is 6.07 Å². The zero-order valence-electron chi connectivity index (χ0n) is 15.0. The van der Waals surface area contributed by atoms with E-state index in [4.69, 9.17) is 4.74 Å². The summed E-state index contributed by atoms with van der Waals surface area (Å²) in [6.45, 7) is 0. The quantitative estimate of drug-likeness (QED) is 0.323. The molecule has 8 heteroatoms. The molecule has 1 aromatic heterocycles. The van der Waals surface area contributed by atoms with Gasteiger partial charge in [-0.25, -0.2) is 4.79 Å². The van der Waals surface area contributed by atoms with Crippen molar-refractivity contribution < 1.29 is 19.4 Å². The van der Waals surface area contributed by atoms with Gasteiger partial charge in [0, 0.05) is 22.4 Å². The number of aromatic hydroxyl groups is 1. The van der Waals surface area contributed by atoms with Crippen LogP contribution in [0.3, 0.4) is 0 Å². The number of anilines is 1. The largest absolute Gasteiger partial charge is 0.506 e. The average Bonchev–Trinajstić information content (AvgIpc) is 3.30. The Labute approximate surface area is 187 Å². The van der Waals surface area contributed by atoms with Gasteiger partial charge in [-0.05, 0) is 84.8 Å². The minimum Gasteiger partial charge on any atom is -0.506 e. The molecule has 2 N–H and O–H groups in total. The van der Waals surface area contributed by atoms with E-state index in [1.165, 1.54) is 18.4 Å². The highest BCUT2D eigenvalue weighted by Gasteiger charge is 2.26. The van der Waals surface area contributed by atoms with Crippen LogP contribution in [-0.2, 0) is 9.53 Å². The summed E-state index contributed by atoms with van der Waals surface area (Å²) in [5.74, 6) is -0.506. The number of phenols is 1. The normalized spacial score (nSPS) is 14.0. The third-order valence-electron chi connectivity index (χ3n) is 4.50. The van der Waals surface area contributed by atoms with Gasteiger partial charge in [-0.2, -0.15) is 0 Å². The van der Waals surface area contributed by atoms with E-state index >= 15 is 0 Å². The fourth-order valence-electron chi connectivity index (χ4n) is 3.12.